The second-order valence-electron chi connectivity index (χ2n) is 7.54. The molecule has 0 heterocycles. The number of hydrogen-bond donors (Lipinski definition) is 1. The number of para-hydroxylation sites is 1. The largest absolute Gasteiger partial charge is 0.488 e. The van der Waals surface area contributed by atoms with Crippen molar-refractivity contribution >= 4 is 44.4 Å². The van der Waals surface area contributed by atoms with E-state index in [2.05, 4.69) is 52.4 Å². The molecule has 0 aromatic heterocycles. The van der Waals surface area contributed by atoms with Gasteiger partial charge in [-0.1, -0.05) is 70.5 Å². The Hall–Kier alpha value is -3.88. The molecule has 162 valence electrons. The molecular formula is C28H21BrN2O2. The van der Waals surface area contributed by atoms with Gasteiger partial charge in [-0.15, -0.1) is 0 Å². The third-order valence-electron chi connectivity index (χ3n) is 5.33. The molecule has 4 nitrogen and oxygen atoms in total. The molecule has 0 aliphatic rings. The van der Waals surface area contributed by atoms with Crippen LogP contribution in [0.4, 0.5) is 5.69 Å². The molecule has 0 spiro atoms. The molecule has 4 rings (SSSR count). The molecule has 1 amide bonds. The quantitative estimate of drug-likeness (QED) is 0.230. The summed E-state index contributed by atoms with van der Waals surface area (Å²) in [5, 5.41) is 14.7. The summed E-state index contributed by atoms with van der Waals surface area (Å²) < 4.78 is 7.08. The van der Waals surface area contributed by atoms with Gasteiger partial charge in [0, 0.05) is 21.3 Å². The maximum absolute atomic E-state index is 12.7. The molecule has 1 N–H and O–H groups in total. The minimum Gasteiger partial charge on any atom is -0.488 e. The zero-order valence-corrected chi connectivity index (χ0v) is 19.6. The van der Waals surface area contributed by atoms with Crippen LogP contribution in [0, 0.1) is 18.3 Å². The number of hydrogen-bond acceptors (Lipinski definition) is 3. The number of nitriles is 1. The smallest absolute Gasteiger partial charge is 0.266 e. The van der Waals surface area contributed by atoms with Gasteiger partial charge in [-0.25, -0.2) is 0 Å². The number of amides is 1. The monoisotopic (exact) mass is 496 g/mol. The highest BCUT2D eigenvalue weighted by Gasteiger charge is 2.12. The number of benzene rings is 4. The van der Waals surface area contributed by atoms with E-state index < -0.39 is 5.91 Å². The van der Waals surface area contributed by atoms with Gasteiger partial charge >= 0.3 is 0 Å². The molecule has 0 unspecified atom stereocenters. The van der Waals surface area contributed by atoms with Crippen molar-refractivity contribution in [2.24, 2.45) is 0 Å². The summed E-state index contributed by atoms with van der Waals surface area (Å²) in [6, 6.07) is 29.0. The summed E-state index contributed by atoms with van der Waals surface area (Å²) in [7, 11) is 0. The molecule has 0 bridgehead atoms. The molecule has 4 aromatic rings. The highest BCUT2D eigenvalue weighted by atomic mass is 79.9. The molecule has 0 atom stereocenters. The van der Waals surface area contributed by atoms with Gasteiger partial charge in [0.1, 0.15) is 24.0 Å². The summed E-state index contributed by atoms with van der Waals surface area (Å²) >= 11 is 3.37. The lowest BCUT2D eigenvalue weighted by molar-refractivity contribution is -0.112. The van der Waals surface area contributed by atoms with E-state index in [1.54, 1.807) is 18.2 Å². The predicted octanol–water partition coefficient (Wildman–Crippen LogP) is 7.04. The van der Waals surface area contributed by atoms with Gasteiger partial charge in [-0.2, -0.15) is 5.26 Å². The first-order valence-electron chi connectivity index (χ1n) is 10.4. The molecule has 33 heavy (non-hydrogen) atoms. The summed E-state index contributed by atoms with van der Waals surface area (Å²) in [6.07, 6.45) is 1.56. The van der Waals surface area contributed by atoms with E-state index in [-0.39, 0.29) is 5.57 Å². The van der Waals surface area contributed by atoms with Gasteiger partial charge in [0.2, 0.25) is 0 Å². The normalized spacial score (nSPS) is 11.1. The van der Waals surface area contributed by atoms with Crippen LogP contribution in [-0.4, -0.2) is 5.91 Å². The van der Waals surface area contributed by atoms with Crippen LogP contribution in [0.1, 0.15) is 16.7 Å². The van der Waals surface area contributed by atoms with E-state index in [9.17, 15) is 10.1 Å². The Balaban J connectivity index is 1.58. The molecule has 0 aliphatic heterocycles. The van der Waals surface area contributed by atoms with E-state index >= 15 is 0 Å². The lowest BCUT2D eigenvalue weighted by Gasteiger charge is -2.14. The van der Waals surface area contributed by atoms with Crippen molar-refractivity contribution in [1.29, 1.82) is 5.26 Å². The van der Waals surface area contributed by atoms with Gasteiger partial charge in [0.05, 0.1) is 0 Å². The average Bonchev–Trinajstić information content (AvgIpc) is 2.84. The Morgan fingerprint density at radius 3 is 2.52 bits per heavy atom. The van der Waals surface area contributed by atoms with Gasteiger partial charge in [-0.05, 0) is 59.7 Å². The molecule has 4 aromatic carbocycles. The second kappa shape index (κ2) is 10.2. The Morgan fingerprint density at radius 2 is 1.73 bits per heavy atom. The number of nitrogens with zero attached hydrogens (tertiary/aromatic N) is 1. The number of aryl methyl sites for hydroxylation is 1. The summed E-state index contributed by atoms with van der Waals surface area (Å²) in [6.45, 7) is 2.45. The van der Waals surface area contributed by atoms with Crippen LogP contribution in [0.15, 0.2) is 95.0 Å². The minimum atomic E-state index is -0.473. The first-order chi connectivity index (χ1) is 16.0. The van der Waals surface area contributed by atoms with E-state index in [1.165, 1.54) is 0 Å². The zero-order chi connectivity index (χ0) is 23.2. The number of halogens is 1. The first kappa shape index (κ1) is 22.3. The van der Waals surface area contributed by atoms with Crippen LogP contribution in [-0.2, 0) is 11.4 Å². The van der Waals surface area contributed by atoms with Crippen LogP contribution in [0.3, 0.4) is 0 Å². The van der Waals surface area contributed by atoms with Crippen LogP contribution in [0.2, 0.25) is 0 Å². The van der Waals surface area contributed by atoms with E-state index in [0.717, 1.165) is 26.4 Å². The van der Waals surface area contributed by atoms with Crippen molar-refractivity contribution in [3.63, 3.8) is 0 Å². The van der Waals surface area contributed by atoms with Crippen molar-refractivity contribution in [2.45, 2.75) is 13.5 Å². The van der Waals surface area contributed by atoms with Crippen LogP contribution in [0.25, 0.3) is 16.8 Å². The molecule has 0 radical (unpaired) electrons. The number of carbonyl (C=O) groups excluding carboxylic acids is 1. The highest BCUT2D eigenvalue weighted by molar-refractivity contribution is 9.10. The Kier molecular flexibility index (Phi) is 6.87. The fourth-order valence-corrected chi connectivity index (χ4v) is 3.82. The van der Waals surface area contributed by atoms with Crippen molar-refractivity contribution in [3.05, 3.63) is 112 Å². The maximum Gasteiger partial charge on any atom is 0.266 e. The number of fused-ring (bicyclic) bond motifs is 1. The van der Waals surface area contributed by atoms with Crippen molar-refractivity contribution in [2.75, 3.05) is 5.32 Å². The third kappa shape index (κ3) is 5.31. The number of rotatable bonds is 6. The van der Waals surface area contributed by atoms with E-state index in [1.807, 2.05) is 54.6 Å². The number of nitrogens with one attached hydrogen (secondary N) is 1. The Bertz CT molecular complexity index is 1390. The van der Waals surface area contributed by atoms with Crippen LogP contribution < -0.4 is 10.1 Å². The Labute approximate surface area is 201 Å². The van der Waals surface area contributed by atoms with Crippen molar-refractivity contribution < 1.29 is 9.53 Å². The van der Waals surface area contributed by atoms with Gasteiger partial charge < -0.3 is 10.1 Å². The molecule has 0 fully saturated rings. The van der Waals surface area contributed by atoms with Crippen LogP contribution >= 0.6 is 15.9 Å². The molecule has 0 saturated heterocycles. The summed E-state index contributed by atoms with van der Waals surface area (Å²) in [5.41, 5.74) is 3.53. The fourth-order valence-electron chi connectivity index (χ4n) is 3.55. The fraction of sp³-hybridized carbons (Fsp3) is 0.0714. The average molecular weight is 497 g/mol. The topological polar surface area (TPSA) is 62.1 Å². The standard InChI is InChI=1S/C28H21BrN2O2/c1-19-10-11-20-6-2-4-8-25(20)26(19)18-33-27-9-5-3-7-21(27)16-22(17-30)28(32)31-24-14-12-23(29)13-15-24/h2-16H,18H2,1H3,(H,31,32)/b22-16+. The van der Waals surface area contributed by atoms with E-state index in [0.29, 0.717) is 23.6 Å². The number of ether oxygens (including phenoxy) is 1. The molecule has 0 aliphatic carbocycles. The predicted molar refractivity (Wildman–Crippen MR) is 136 cm³/mol. The van der Waals surface area contributed by atoms with Gasteiger partial charge in [0.15, 0.2) is 0 Å². The zero-order valence-electron chi connectivity index (χ0n) is 18.0. The van der Waals surface area contributed by atoms with Gasteiger partial charge in [0.25, 0.3) is 5.91 Å². The summed E-state index contributed by atoms with van der Waals surface area (Å²) in [5.74, 6) is 0.133. The highest BCUT2D eigenvalue weighted by Crippen LogP contribution is 2.27. The second-order valence-corrected chi connectivity index (χ2v) is 8.46. The minimum absolute atomic E-state index is 0.00434. The maximum atomic E-state index is 12.7. The lowest BCUT2D eigenvalue weighted by atomic mass is 10.0. The van der Waals surface area contributed by atoms with Crippen molar-refractivity contribution in [3.8, 4) is 11.8 Å². The summed E-state index contributed by atoms with van der Waals surface area (Å²) in [4.78, 5) is 12.7. The third-order valence-corrected chi connectivity index (χ3v) is 5.86. The molecule has 0 saturated carbocycles. The molecule has 5 heteroatoms. The molecular weight excluding hydrogens is 476 g/mol. The van der Waals surface area contributed by atoms with Crippen molar-refractivity contribution in [1.82, 2.24) is 0 Å². The van der Waals surface area contributed by atoms with Gasteiger partial charge in [-0.3, -0.25) is 4.79 Å². The first-order valence-corrected chi connectivity index (χ1v) is 11.2. The number of carbonyl (C=O) groups is 1. The van der Waals surface area contributed by atoms with E-state index in [4.69, 9.17) is 4.74 Å². The Morgan fingerprint density at radius 1 is 1.00 bits per heavy atom. The lowest BCUT2D eigenvalue weighted by Crippen LogP contribution is -2.13. The van der Waals surface area contributed by atoms with Crippen LogP contribution in [0.5, 0.6) is 5.75 Å². The number of anilines is 1. The SMILES string of the molecule is Cc1ccc2ccccc2c1COc1ccccc1/C=C(\C#N)C(=O)Nc1ccc(Br)cc1.